The van der Waals surface area contributed by atoms with E-state index < -0.39 is 5.97 Å². The molecule has 2 aromatic carbocycles. The van der Waals surface area contributed by atoms with Crippen molar-refractivity contribution in [3.63, 3.8) is 0 Å². The van der Waals surface area contributed by atoms with Gasteiger partial charge >= 0.3 is 5.97 Å². The van der Waals surface area contributed by atoms with Gasteiger partial charge in [-0.15, -0.1) is 0 Å². The van der Waals surface area contributed by atoms with Crippen LogP contribution >= 0.6 is 34.8 Å². The number of carboxylic acids is 1. The lowest BCUT2D eigenvalue weighted by Crippen LogP contribution is -2.39. The fourth-order valence-corrected chi connectivity index (χ4v) is 3.91. The number of carboxylic acid groups (broad SMARTS) is 1. The van der Waals surface area contributed by atoms with Crippen LogP contribution in [0.1, 0.15) is 30.0 Å². The fraction of sp³-hybridized carbons (Fsp3) is 0.316. The number of carbonyl (C=O) groups is 1. The maximum Gasteiger partial charge on any atom is 0.306 e. The smallest absolute Gasteiger partial charge is 0.306 e. The Hall–Kier alpha value is -1.26. The minimum atomic E-state index is -0.719. The van der Waals surface area contributed by atoms with Crippen LogP contribution in [0.5, 0.6) is 0 Å². The molecular formula is C19H18Cl3NO2. The molecule has 1 N–H and O–H groups in total. The molecule has 25 heavy (non-hydrogen) atoms. The number of likely N-dealkylation sites (tertiary alicyclic amines) is 1. The van der Waals surface area contributed by atoms with Crippen molar-refractivity contribution in [3.8, 4) is 0 Å². The van der Waals surface area contributed by atoms with Gasteiger partial charge in [-0.25, -0.2) is 0 Å². The summed E-state index contributed by atoms with van der Waals surface area (Å²) in [5.74, 6) is -1.000. The number of nitrogens with zero attached hydrogens (tertiary/aromatic N) is 1. The molecule has 3 rings (SSSR count). The quantitative estimate of drug-likeness (QED) is 0.736. The summed E-state index contributed by atoms with van der Waals surface area (Å²) < 4.78 is 0. The van der Waals surface area contributed by atoms with Crippen molar-refractivity contribution < 1.29 is 9.90 Å². The normalized spacial score (nSPS) is 17.4. The minimum Gasteiger partial charge on any atom is -0.481 e. The van der Waals surface area contributed by atoms with Gasteiger partial charge in [0.1, 0.15) is 0 Å². The number of benzene rings is 2. The molecule has 0 aromatic heterocycles. The van der Waals surface area contributed by atoms with Gasteiger partial charge in [-0.3, -0.25) is 9.69 Å². The van der Waals surface area contributed by atoms with Crippen LogP contribution in [0.2, 0.25) is 15.1 Å². The van der Waals surface area contributed by atoms with E-state index in [1.807, 2.05) is 36.4 Å². The molecule has 0 spiro atoms. The Balaban J connectivity index is 1.97. The second-order valence-corrected chi connectivity index (χ2v) is 7.47. The molecule has 1 fully saturated rings. The van der Waals surface area contributed by atoms with Gasteiger partial charge in [-0.2, -0.15) is 0 Å². The summed E-state index contributed by atoms with van der Waals surface area (Å²) >= 11 is 18.7. The largest absolute Gasteiger partial charge is 0.481 e. The van der Waals surface area contributed by atoms with Crippen molar-refractivity contribution in [3.05, 3.63) is 68.7 Å². The van der Waals surface area contributed by atoms with Crippen LogP contribution in [0.15, 0.2) is 42.5 Å². The molecule has 0 radical (unpaired) electrons. The third-order valence-corrected chi connectivity index (χ3v) is 5.79. The number of aliphatic carboxylic acids is 1. The number of rotatable bonds is 4. The molecule has 1 aliphatic rings. The molecule has 1 atom stereocenters. The van der Waals surface area contributed by atoms with Crippen LogP contribution in [0, 0.1) is 5.92 Å². The third-order valence-electron chi connectivity index (χ3n) is 4.71. The first kappa shape index (κ1) is 18.5. The number of halogens is 3. The van der Waals surface area contributed by atoms with Crippen LogP contribution in [0.4, 0.5) is 0 Å². The molecule has 1 saturated heterocycles. The van der Waals surface area contributed by atoms with E-state index >= 15 is 0 Å². The van der Waals surface area contributed by atoms with Gasteiger partial charge in [0.25, 0.3) is 0 Å². The van der Waals surface area contributed by atoms with E-state index in [9.17, 15) is 9.90 Å². The van der Waals surface area contributed by atoms with Crippen molar-refractivity contribution in [2.75, 3.05) is 13.1 Å². The average Bonchev–Trinajstić information content (AvgIpc) is 2.61. The van der Waals surface area contributed by atoms with Crippen LogP contribution in [-0.4, -0.2) is 29.1 Å². The van der Waals surface area contributed by atoms with Gasteiger partial charge in [0.2, 0.25) is 0 Å². The standard InChI is InChI=1S/C19H18Cl3NO2/c20-14-6-4-12(5-7-14)18(15-2-1-3-16(21)17(15)22)23-10-8-13(9-11-23)19(24)25/h1-7,13,18H,8-11H2,(H,24,25). The maximum atomic E-state index is 11.2. The summed E-state index contributed by atoms with van der Waals surface area (Å²) in [4.78, 5) is 13.5. The summed E-state index contributed by atoms with van der Waals surface area (Å²) in [5.41, 5.74) is 1.98. The van der Waals surface area contributed by atoms with Crippen LogP contribution in [0.3, 0.4) is 0 Å². The predicted octanol–water partition coefficient (Wildman–Crippen LogP) is 5.53. The molecule has 0 saturated carbocycles. The minimum absolute atomic E-state index is 0.0850. The van der Waals surface area contributed by atoms with Crippen LogP contribution in [-0.2, 0) is 4.79 Å². The van der Waals surface area contributed by atoms with Gasteiger partial charge in [-0.05, 0) is 55.3 Å². The Labute approximate surface area is 162 Å². The predicted molar refractivity (Wildman–Crippen MR) is 102 cm³/mol. The van der Waals surface area contributed by atoms with Crippen LogP contribution in [0.25, 0.3) is 0 Å². The highest BCUT2D eigenvalue weighted by atomic mass is 35.5. The monoisotopic (exact) mass is 397 g/mol. The zero-order valence-corrected chi connectivity index (χ0v) is 15.7. The Bertz CT molecular complexity index is 756. The topological polar surface area (TPSA) is 40.5 Å². The third kappa shape index (κ3) is 4.12. The number of hydrogen-bond donors (Lipinski definition) is 1. The first-order chi connectivity index (χ1) is 12.0. The summed E-state index contributed by atoms with van der Waals surface area (Å²) in [6.45, 7) is 1.38. The van der Waals surface area contributed by atoms with Gasteiger partial charge in [0.15, 0.2) is 0 Å². The molecule has 1 aliphatic heterocycles. The number of hydrogen-bond acceptors (Lipinski definition) is 2. The first-order valence-electron chi connectivity index (χ1n) is 8.13. The number of piperidine rings is 1. The first-order valence-corrected chi connectivity index (χ1v) is 9.27. The van der Waals surface area contributed by atoms with E-state index in [-0.39, 0.29) is 12.0 Å². The molecule has 1 heterocycles. The Morgan fingerprint density at radius 3 is 2.28 bits per heavy atom. The van der Waals surface area contributed by atoms with Gasteiger partial charge in [0, 0.05) is 5.02 Å². The zero-order valence-electron chi connectivity index (χ0n) is 13.5. The molecule has 6 heteroatoms. The second-order valence-electron chi connectivity index (χ2n) is 6.25. The van der Waals surface area contributed by atoms with Gasteiger partial charge < -0.3 is 5.11 Å². The lowest BCUT2D eigenvalue weighted by molar-refractivity contribution is -0.143. The lowest BCUT2D eigenvalue weighted by atomic mass is 9.91. The summed E-state index contributed by atoms with van der Waals surface area (Å²) in [6, 6.07) is 13.2. The van der Waals surface area contributed by atoms with E-state index in [1.54, 1.807) is 6.07 Å². The fourth-order valence-electron chi connectivity index (χ4n) is 3.37. The molecular weight excluding hydrogens is 381 g/mol. The van der Waals surface area contributed by atoms with E-state index in [1.165, 1.54) is 0 Å². The molecule has 132 valence electrons. The SMILES string of the molecule is O=C(O)C1CCN(C(c2ccc(Cl)cc2)c2cccc(Cl)c2Cl)CC1. The van der Waals surface area contributed by atoms with Crippen molar-refractivity contribution in [2.45, 2.75) is 18.9 Å². The van der Waals surface area contributed by atoms with E-state index in [4.69, 9.17) is 34.8 Å². The van der Waals surface area contributed by atoms with Crippen molar-refractivity contribution in [1.29, 1.82) is 0 Å². The Morgan fingerprint density at radius 2 is 1.68 bits per heavy atom. The van der Waals surface area contributed by atoms with Crippen LogP contribution < -0.4 is 0 Å². The second kappa shape index (κ2) is 7.96. The molecule has 0 bridgehead atoms. The van der Waals surface area contributed by atoms with Crippen molar-refractivity contribution in [2.24, 2.45) is 5.92 Å². The lowest BCUT2D eigenvalue weighted by Gasteiger charge is -2.37. The molecule has 3 nitrogen and oxygen atoms in total. The van der Waals surface area contributed by atoms with Crippen molar-refractivity contribution >= 4 is 40.8 Å². The maximum absolute atomic E-state index is 11.2. The summed E-state index contributed by atoms with van der Waals surface area (Å²) in [5, 5.41) is 11.0. The zero-order chi connectivity index (χ0) is 18.0. The highest BCUT2D eigenvalue weighted by Gasteiger charge is 2.31. The van der Waals surface area contributed by atoms with Gasteiger partial charge in [-0.1, -0.05) is 59.1 Å². The summed E-state index contributed by atoms with van der Waals surface area (Å²) in [7, 11) is 0. The summed E-state index contributed by atoms with van der Waals surface area (Å²) in [6.07, 6.45) is 1.25. The highest BCUT2D eigenvalue weighted by Crippen LogP contribution is 2.38. The molecule has 0 amide bonds. The van der Waals surface area contributed by atoms with E-state index in [0.29, 0.717) is 41.0 Å². The van der Waals surface area contributed by atoms with Crippen molar-refractivity contribution in [1.82, 2.24) is 4.90 Å². The molecule has 2 aromatic rings. The highest BCUT2D eigenvalue weighted by molar-refractivity contribution is 6.42. The van der Waals surface area contributed by atoms with E-state index in [0.717, 1.165) is 11.1 Å². The Morgan fingerprint density at radius 1 is 1.04 bits per heavy atom. The van der Waals surface area contributed by atoms with E-state index in [2.05, 4.69) is 4.90 Å². The molecule has 1 unspecified atom stereocenters. The Kier molecular flexibility index (Phi) is 5.90. The molecule has 0 aliphatic carbocycles. The van der Waals surface area contributed by atoms with Gasteiger partial charge in [0.05, 0.1) is 22.0 Å². The average molecular weight is 399 g/mol.